The minimum absolute atomic E-state index is 0. The third kappa shape index (κ3) is 7.96. The summed E-state index contributed by atoms with van der Waals surface area (Å²) < 4.78 is 0. The van der Waals surface area contributed by atoms with Gasteiger partial charge in [-0.2, -0.15) is 0 Å². The second-order valence-corrected chi connectivity index (χ2v) is 2.26. The quantitative estimate of drug-likeness (QED) is 0.517. The van der Waals surface area contributed by atoms with Gasteiger partial charge >= 0.3 is 68.9 Å². The molecule has 0 aliphatic rings. The van der Waals surface area contributed by atoms with Crippen molar-refractivity contribution in [1.29, 1.82) is 0 Å². The van der Waals surface area contributed by atoms with Gasteiger partial charge in [0.25, 0.3) is 0 Å². The van der Waals surface area contributed by atoms with E-state index in [9.17, 15) is 4.79 Å². The number of carbonyl (C=O) groups is 1. The van der Waals surface area contributed by atoms with Gasteiger partial charge in [0.15, 0.2) is 0 Å². The van der Waals surface area contributed by atoms with Gasteiger partial charge in [-0.15, -0.1) is 0 Å². The third-order valence-electron chi connectivity index (χ3n) is 1.02. The summed E-state index contributed by atoms with van der Waals surface area (Å²) in [7, 11) is 0. The number of hydrogen-bond donors (Lipinski definition) is 2. The van der Waals surface area contributed by atoms with Gasteiger partial charge in [0, 0.05) is 11.2 Å². The fraction of sp³-hybridized carbons (Fsp3) is 0.800. The van der Waals surface area contributed by atoms with Crippen LogP contribution < -0.4 is 80.4 Å². The molecule has 0 saturated carbocycles. The maximum atomic E-state index is 10.3. The number of nitrogens with two attached hydrogens (primary N) is 2. The number of carbonyl (C=O) groups excluding carboxylic acids is 1. The third-order valence-corrected chi connectivity index (χ3v) is 1.32. The normalized spacial score (nSPS) is 11.8. The molecule has 0 aliphatic heterocycles. The van der Waals surface area contributed by atoms with E-state index >= 15 is 0 Å². The summed E-state index contributed by atoms with van der Waals surface area (Å²) in [5.41, 5.74) is 10.5. The van der Waals surface area contributed by atoms with Crippen molar-refractivity contribution in [2.24, 2.45) is 11.5 Å². The maximum absolute atomic E-state index is 10.3. The molecule has 54 valence electrons. The second kappa shape index (κ2) is 8.95. The number of hydrogen-bond acceptors (Lipinski definition) is 4. The molecule has 4 N–H and O–H groups in total. The summed E-state index contributed by atoms with van der Waals surface area (Å²) in [6.45, 7) is 0.566. The second-order valence-electron chi connectivity index (χ2n) is 1.86. The van der Waals surface area contributed by atoms with E-state index in [1.165, 1.54) is 0 Å². The van der Waals surface area contributed by atoms with Crippen LogP contribution in [0.2, 0.25) is 0 Å². The zero-order chi connectivity index (χ0) is 7.28. The van der Waals surface area contributed by atoms with Crippen LogP contribution in [0, 0.1) is 0 Å². The fourth-order valence-electron chi connectivity index (χ4n) is 0.456. The van der Waals surface area contributed by atoms with Gasteiger partial charge in [-0.3, -0.25) is 0 Å². The van der Waals surface area contributed by atoms with Crippen LogP contribution in [0.1, 0.15) is 12.8 Å². The largest absolute Gasteiger partial charge is 1.00 e. The standard InChI is InChI=1S/C5H12N2OS.Cs/c6-3-1-2-4(7)5(8)9;/h4H,1-3,6-7H2,(H,8,9);/q;+1/p-1. The van der Waals surface area contributed by atoms with Crippen molar-refractivity contribution in [3.05, 3.63) is 0 Å². The number of rotatable bonds is 4. The molecule has 0 aromatic carbocycles. The van der Waals surface area contributed by atoms with E-state index in [0.29, 0.717) is 13.0 Å². The molecule has 10 heavy (non-hydrogen) atoms. The molecule has 0 spiro atoms. The van der Waals surface area contributed by atoms with E-state index in [1.807, 2.05) is 0 Å². The predicted molar refractivity (Wildman–Crippen MR) is 38.6 cm³/mol. The summed E-state index contributed by atoms with van der Waals surface area (Å²) in [5.74, 6) is 0. The molecular formula is C5H11CsN2OS. The Morgan fingerprint density at radius 1 is 1.60 bits per heavy atom. The van der Waals surface area contributed by atoms with Gasteiger partial charge in [-0.05, 0) is 19.4 Å². The van der Waals surface area contributed by atoms with Crippen LogP contribution in [0.25, 0.3) is 0 Å². The Bertz CT molecular complexity index is 102. The van der Waals surface area contributed by atoms with Gasteiger partial charge in [-0.25, -0.2) is 0 Å². The monoisotopic (exact) mass is 280 g/mol. The molecule has 0 bridgehead atoms. The zero-order valence-electron chi connectivity index (χ0n) is 6.17. The summed E-state index contributed by atoms with van der Waals surface area (Å²) in [6.07, 6.45) is 1.38. The van der Waals surface area contributed by atoms with Crippen LogP contribution in [-0.4, -0.2) is 17.7 Å². The molecule has 0 saturated heterocycles. The minimum Gasteiger partial charge on any atom is -0.740 e. The summed E-state index contributed by atoms with van der Waals surface area (Å²) in [4.78, 5) is 10.3. The molecular weight excluding hydrogens is 269 g/mol. The van der Waals surface area contributed by atoms with Crippen molar-refractivity contribution in [3.63, 3.8) is 0 Å². The van der Waals surface area contributed by atoms with Crippen molar-refractivity contribution in [2.75, 3.05) is 6.54 Å². The van der Waals surface area contributed by atoms with Gasteiger partial charge in [-0.1, -0.05) is 0 Å². The average molecular weight is 280 g/mol. The van der Waals surface area contributed by atoms with E-state index in [0.717, 1.165) is 6.42 Å². The Hall–Kier alpha value is 1.86. The van der Waals surface area contributed by atoms with Crippen LogP contribution in [0.3, 0.4) is 0 Å². The molecule has 0 aliphatic carbocycles. The maximum Gasteiger partial charge on any atom is 1.00 e. The van der Waals surface area contributed by atoms with Gasteiger partial charge < -0.3 is 28.9 Å². The molecule has 0 aromatic heterocycles. The van der Waals surface area contributed by atoms with Crippen LogP contribution >= 0.6 is 0 Å². The fourth-order valence-corrected chi connectivity index (χ4v) is 0.573. The molecule has 0 radical (unpaired) electrons. The van der Waals surface area contributed by atoms with Crippen molar-refractivity contribution in [2.45, 2.75) is 18.9 Å². The van der Waals surface area contributed by atoms with Crippen LogP contribution in [-0.2, 0) is 17.4 Å². The average Bonchev–Trinajstić information content (AvgIpc) is 1.82. The van der Waals surface area contributed by atoms with E-state index in [4.69, 9.17) is 11.5 Å². The van der Waals surface area contributed by atoms with Gasteiger partial charge in [0.2, 0.25) is 0 Å². The van der Waals surface area contributed by atoms with E-state index in [2.05, 4.69) is 12.6 Å². The van der Waals surface area contributed by atoms with E-state index in [1.54, 1.807) is 0 Å². The van der Waals surface area contributed by atoms with Gasteiger partial charge in [0.05, 0.1) is 0 Å². The van der Waals surface area contributed by atoms with Crippen molar-refractivity contribution < 1.29 is 73.7 Å². The molecule has 1 unspecified atom stereocenters. The van der Waals surface area contributed by atoms with Crippen molar-refractivity contribution >= 4 is 17.7 Å². The van der Waals surface area contributed by atoms with Crippen LogP contribution in [0.4, 0.5) is 0 Å². The smallest absolute Gasteiger partial charge is 0.740 e. The zero-order valence-corrected chi connectivity index (χ0v) is 13.3. The van der Waals surface area contributed by atoms with Crippen molar-refractivity contribution in [1.82, 2.24) is 0 Å². The Kier molecular flexibility index (Phi) is 12.9. The molecule has 0 fully saturated rings. The summed E-state index contributed by atoms with van der Waals surface area (Å²) >= 11 is 4.31. The molecule has 0 aromatic rings. The van der Waals surface area contributed by atoms with Crippen molar-refractivity contribution in [3.8, 4) is 0 Å². The van der Waals surface area contributed by atoms with Gasteiger partial charge in [0.1, 0.15) is 0 Å². The topological polar surface area (TPSA) is 69.1 Å². The molecule has 0 rings (SSSR count). The van der Waals surface area contributed by atoms with Crippen LogP contribution in [0.15, 0.2) is 0 Å². The Labute approximate surface area is 126 Å². The molecule has 3 nitrogen and oxygen atoms in total. The minimum atomic E-state index is -0.483. The van der Waals surface area contributed by atoms with Crippen LogP contribution in [0.5, 0.6) is 0 Å². The first-order chi connectivity index (χ1) is 4.18. The summed E-state index contributed by atoms with van der Waals surface area (Å²) in [5, 5.41) is -0.372. The molecule has 0 heterocycles. The van der Waals surface area contributed by atoms with E-state index in [-0.39, 0.29) is 74.0 Å². The molecule has 5 heteroatoms. The first-order valence-corrected chi connectivity index (χ1v) is 3.26. The Balaban J connectivity index is 0. The SMILES string of the molecule is NCCCC(N)C(=O)[S-].[Cs+]. The first kappa shape index (κ1) is 14.4. The molecule has 0 amide bonds. The molecule has 1 atom stereocenters. The Morgan fingerprint density at radius 3 is 2.40 bits per heavy atom. The first-order valence-electron chi connectivity index (χ1n) is 2.85. The predicted octanol–water partition coefficient (Wildman–Crippen LogP) is -3.87. The van der Waals surface area contributed by atoms with E-state index < -0.39 is 6.04 Å². The Morgan fingerprint density at radius 2 is 2.10 bits per heavy atom. The summed E-state index contributed by atoms with van der Waals surface area (Å²) in [6, 6.07) is -0.483.